The molecule has 0 amide bonds. The average molecular weight is 387 g/mol. The Hall–Kier alpha value is -2.21. The van der Waals surface area contributed by atoms with Crippen LogP contribution in [0.5, 0.6) is 0 Å². The van der Waals surface area contributed by atoms with E-state index in [9.17, 15) is 14.3 Å². The molecule has 2 aromatic rings. The molecule has 2 atom stereocenters. The zero-order chi connectivity index (χ0) is 20.3. The largest absolute Gasteiger partial charge is 0.481 e. The van der Waals surface area contributed by atoms with Crippen LogP contribution in [0.25, 0.3) is 0 Å². The highest BCUT2D eigenvalue weighted by molar-refractivity contribution is 5.82. The monoisotopic (exact) mass is 387 g/mol. The first-order valence-corrected chi connectivity index (χ1v) is 10.1. The van der Waals surface area contributed by atoms with Gasteiger partial charge in [0.15, 0.2) is 0 Å². The maximum Gasteiger partial charge on any atom is 0.314 e. The van der Waals surface area contributed by atoms with Gasteiger partial charge in [-0.25, -0.2) is 4.39 Å². The van der Waals surface area contributed by atoms with Crippen molar-refractivity contribution in [3.8, 4) is 0 Å². The van der Waals surface area contributed by atoms with E-state index in [-0.39, 0.29) is 11.7 Å². The van der Waals surface area contributed by atoms with Crippen molar-refractivity contribution in [3.63, 3.8) is 0 Å². The zero-order valence-corrected chi connectivity index (χ0v) is 17.0. The molecule has 0 saturated heterocycles. The number of carboxylic acids is 1. The molecule has 0 aliphatic heterocycles. The minimum absolute atomic E-state index is 0.126. The Balaban J connectivity index is 1.78. The number of likely N-dealkylation sites (N-methyl/N-ethyl adjacent to an activating group) is 1. The van der Waals surface area contributed by atoms with Gasteiger partial charge in [-0.1, -0.05) is 26.0 Å². The van der Waals surface area contributed by atoms with Crippen LogP contribution in [0.15, 0.2) is 30.6 Å². The predicted molar refractivity (Wildman–Crippen MR) is 107 cm³/mol. The summed E-state index contributed by atoms with van der Waals surface area (Å²) in [6, 6.07) is 4.77. The van der Waals surface area contributed by atoms with E-state index in [2.05, 4.69) is 23.8 Å². The normalized spacial score (nSPS) is 22.1. The molecule has 1 aliphatic rings. The van der Waals surface area contributed by atoms with E-state index in [0.717, 1.165) is 38.2 Å². The molecule has 3 rings (SSSR count). The second-order valence-corrected chi connectivity index (χ2v) is 7.80. The van der Waals surface area contributed by atoms with Crippen LogP contribution < -0.4 is 0 Å². The molecule has 5 nitrogen and oxygen atoms in total. The number of hydrogen-bond acceptors (Lipinski definition) is 3. The summed E-state index contributed by atoms with van der Waals surface area (Å²) in [5, 5.41) is 14.5. The Bertz CT molecular complexity index is 831. The fourth-order valence-corrected chi connectivity index (χ4v) is 4.51. The van der Waals surface area contributed by atoms with Gasteiger partial charge in [0, 0.05) is 12.7 Å². The number of aliphatic carboxylic acids is 1. The highest BCUT2D eigenvalue weighted by Gasteiger charge is 2.48. The Morgan fingerprint density at radius 2 is 2.14 bits per heavy atom. The van der Waals surface area contributed by atoms with Gasteiger partial charge in [0.2, 0.25) is 0 Å². The molecule has 6 heteroatoms. The lowest BCUT2D eigenvalue weighted by Crippen LogP contribution is -2.34. The van der Waals surface area contributed by atoms with Gasteiger partial charge in [-0.3, -0.25) is 9.48 Å². The summed E-state index contributed by atoms with van der Waals surface area (Å²) in [4.78, 5) is 14.6. The number of halogens is 1. The number of carbonyl (C=O) groups is 1. The first-order chi connectivity index (χ1) is 13.4. The number of carboxylic acid groups (broad SMARTS) is 1. The number of nitrogens with zero attached hydrogens (tertiary/aromatic N) is 3. The van der Waals surface area contributed by atoms with Gasteiger partial charge in [0.1, 0.15) is 5.82 Å². The van der Waals surface area contributed by atoms with Crippen molar-refractivity contribution in [1.82, 2.24) is 14.7 Å². The Labute approximate surface area is 166 Å². The molecule has 1 aromatic carbocycles. The fraction of sp³-hybridized carbons (Fsp3) is 0.545. The van der Waals surface area contributed by atoms with E-state index in [1.54, 1.807) is 19.1 Å². The van der Waals surface area contributed by atoms with E-state index in [0.29, 0.717) is 24.0 Å². The molecule has 28 heavy (non-hydrogen) atoms. The van der Waals surface area contributed by atoms with Crippen molar-refractivity contribution >= 4 is 5.97 Å². The molecular weight excluding hydrogens is 357 g/mol. The van der Waals surface area contributed by atoms with Crippen LogP contribution >= 0.6 is 0 Å². The summed E-state index contributed by atoms with van der Waals surface area (Å²) in [5.41, 5.74) is 1.11. The van der Waals surface area contributed by atoms with Crippen LogP contribution in [0.3, 0.4) is 0 Å². The van der Waals surface area contributed by atoms with Crippen LogP contribution in [0.4, 0.5) is 4.39 Å². The van der Waals surface area contributed by atoms with E-state index >= 15 is 0 Å². The van der Waals surface area contributed by atoms with Crippen molar-refractivity contribution in [1.29, 1.82) is 0 Å². The lowest BCUT2D eigenvalue weighted by atomic mass is 9.76. The van der Waals surface area contributed by atoms with Gasteiger partial charge in [-0.15, -0.1) is 0 Å². The van der Waals surface area contributed by atoms with Crippen LogP contribution in [-0.4, -0.2) is 45.4 Å². The SMILES string of the molecule is CCN(CC)CCn1cc(C2CCC(C(=O)O)(c3cccc(F)c3C)C2)cn1. The molecule has 0 bridgehead atoms. The van der Waals surface area contributed by atoms with E-state index in [1.165, 1.54) is 6.07 Å². The first kappa shape index (κ1) is 20.5. The smallest absolute Gasteiger partial charge is 0.314 e. The van der Waals surface area contributed by atoms with Crippen LogP contribution in [-0.2, 0) is 16.8 Å². The highest BCUT2D eigenvalue weighted by atomic mass is 19.1. The minimum Gasteiger partial charge on any atom is -0.481 e. The summed E-state index contributed by atoms with van der Waals surface area (Å²) in [6.07, 6.45) is 5.67. The number of rotatable bonds is 8. The third kappa shape index (κ3) is 3.83. The summed E-state index contributed by atoms with van der Waals surface area (Å²) < 4.78 is 16.0. The van der Waals surface area contributed by atoms with Crippen molar-refractivity contribution in [2.45, 2.75) is 57.9 Å². The second-order valence-electron chi connectivity index (χ2n) is 7.80. The topological polar surface area (TPSA) is 58.4 Å². The number of hydrogen-bond donors (Lipinski definition) is 1. The quantitative estimate of drug-likeness (QED) is 0.745. The van der Waals surface area contributed by atoms with Gasteiger partial charge in [-0.2, -0.15) is 5.10 Å². The molecular formula is C22H30FN3O2. The zero-order valence-electron chi connectivity index (χ0n) is 17.0. The number of aromatic nitrogens is 2. The Morgan fingerprint density at radius 1 is 1.39 bits per heavy atom. The second kappa shape index (κ2) is 8.43. The van der Waals surface area contributed by atoms with Gasteiger partial charge >= 0.3 is 5.97 Å². The molecule has 2 unspecified atom stereocenters. The van der Waals surface area contributed by atoms with Crippen LogP contribution in [0, 0.1) is 12.7 Å². The van der Waals surface area contributed by atoms with E-state index < -0.39 is 11.4 Å². The predicted octanol–water partition coefficient (Wildman–Crippen LogP) is 3.96. The molecule has 1 heterocycles. The van der Waals surface area contributed by atoms with Crippen molar-refractivity contribution in [3.05, 3.63) is 53.1 Å². The van der Waals surface area contributed by atoms with Crippen molar-refractivity contribution in [2.24, 2.45) is 0 Å². The maximum atomic E-state index is 14.1. The molecule has 1 aliphatic carbocycles. The minimum atomic E-state index is -1.03. The molecule has 1 N–H and O–H groups in total. The molecule has 152 valence electrons. The Morgan fingerprint density at radius 3 is 2.82 bits per heavy atom. The third-order valence-electron chi connectivity index (χ3n) is 6.37. The van der Waals surface area contributed by atoms with Gasteiger partial charge < -0.3 is 10.0 Å². The van der Waals surface area contributed by atoms with Crippen molar-refractivity contribution < 1.29 is 14.3 Å². The van der Waals surface area contributed by atoms with Crippen molar-refractivity contribution in [2.75, 3.05) is 19.6 Å². The molecule has 0 spiro atoms. The third-order valence-corrected chi connectivity index (χ3v) is 6.37. The van der Waals surface area contributed by atoms with E-state index in [1.807, 2.05) is 17.1 Å². The lowest BCUT2D eigenvalue weighted by Gasteiger charge is -2.27. The fourth-order valence-electron chi connectivity index (χ4n) is 4.51. The lowest BCUT2D eigenvalue weighted by molar-refractivity contribution is -0.143. The summed E-state index contributed by atoms with van der Waals surface area (Å²) in [5.74, 6) is -1.08. The molecule has 0 radical (unpaired) electrons. The maximum absolute atomic E-state index is 14.1. The molecule has 1 aromatic heterocycles. The van der Waals surface area contributed by atoms with E-state index in [4.69, 9.17) is 0 Å². The first-order valence-electron chi connectivity index (χ1n) is 10.1. The van der Waals surface area contributed by atoms with Crippen LogP contribution in [0.2, 0.25) is 0 Å². The number of benzene rings is 1. The summed E-state index contributed by atoms with van der Waals surface area (Å²) in [7, 11) is 0. The highest BCUT2D eigenvalue weighted by Crippen LogP contribution is 2.49. The summed E-state index contributed by atoms with van der Waals surface area (Å²) in [6.45, 7) is 9.77. The van der Waals surface area contributed by atoms with Gasteiger partial charge in [0.05, 0.1) is 18.2 Å². The molecule has 1 saturated carbocycles. The van der Waals surface area contributed by atoms with Gasteiger partial charge in [-0.05, 0) is 68.0 Å². The summed E-state index contributed by atoms with van der Waals surface area (Å²) >= 11 is 0. The van der Waals surface area contributed by atoms with Crippen LogP contribution in [0.1, 0.15) is 55.7 Å². The van der Waals surface area contributed by atoms with Gasteiger partial charge in [0.25, 0.3) is 0 Å². The average Bonchev–Trinajstić information content (AvgIpc) is 3.32. The Kier molecular flexibility index (Phi) is 6.18. The molecule has 1 fully saturated rings. The standard InChI is InChI=1S/C22H30FN3O2/c1-4-25(5-2)11-12-26-15-18(14-24-26)17-9-10-22(13-17,21(27)28)19-7-6-8-20(23)16(19)3/h6-8,14-15,17H,4-5,9-13H2,1-3H3,(H,27,28).